The molecule has 0 aromatic heterocycles. The SMILES string of the molecule is CC1(C)NC(=O)N(C[C@H](O)CN2CCCCC2)C1=O. The van der Waals surface area contributed by atoms with Gasteiger partial charge in [0.2, 0.25) is 0 Å². The summed E-state index contributed by atoms with van der Waals surface area (Å²) in [4.78, 5) is 27.0. The van der Waals surface area contributed by atoms with Crippen molar-refractivity contribution in [3.8, 4) is 0 Å². The van der Waals surface area contributed by atoms with Crippen molar-refractivity contribution >= 4 is 11.9 Å². The van der Waals surface area contributed by atoms with Crippen molar-refractivity contribution in [1.82, 2.24) is 15.1 Å². The van der Waals surface area contributed by atoms with Crippen molar-refractivity contribution in [3.05, 3.63) is 0 Å². The molecule has 0 aromatic carbocycles. The highest BCUT2D eigenvalue weighted by Gasteiger charge is 2.44. The average Bonchev–Trinajstić information content (AvgIpc) is 2.53. The van der Waals surface area contributed by atoms with E-state index in [4.69, 9.17) is 0 Å². The van der Waals surface area contributed by atoms with Gasteiger partial charge in [0.25, 0.3) is 5.91 Å². The normalized spacial score (nSPS) is 25.5. The highest BCUT2D eigenvalue weighted by Crippen LogP contribution is 2.17. The van der Waals surface area contributed by atoms with Crippen LogP contribution in [-0.4, -0.2) is 64.7 Å². The molecule has 0 radical (unpaired) electrons. The molecule has 2 saturated heterocycles. The van der Waals surface area contributed by atoms with Gasteiger partial charge in [-0.05, 0) is 39.8 Å². The fraction of sp³-hybridized carbons (Fsp3) is 0.846. The Morgan fingerprint density at radius 1 is 1.21 bits per heavy atom. The number of hydrogen-bond acceptors (Lipinski definition) is 4. The Morgan fingerprint density at radius 3 is 2.37 bits per heavy atom. The number of nitrogens with one attached hydrogen (secondary N) is 1. The molecule has 2 fully saturated rings. The number of aliphatic hydroxyl groups is 1. The molecule has 6 heteroatoms. The van der Waals surface area contributed by atoms with Gasteiger partial charge in [-0.25, -0.2) is 4.79 Å². The van der Waals surface area contributed by atoms with Crippen molar-refractivity contribution in [3.63, 3.8) is 0 Å². The molecule has 108 valence electrons. The molecule has 0 unspecified atom stereocenters. The molecule has 2 heterocycles. The molecular weight excluding hydrogens is 246 g/mol. The molecule has 0 bridgehead atoms. The minimum Gasteiger partial charge on any atom is -0.390 e. The number of rotatable bonds is 4. The number of likely N-dealkylation sites (tertiary alicyclic amines) is 1. The number of carbonyl (C=O) groups excluding carboxylic acids is 2. The van der Waals surface area contributed by atoms with E-state index >= 15 is 0 Å². The van der Waals surface area contributed by atoms with Crippen LogP contribution in [0.1, 0.15) is 33.1 Å². The summed E-state index contributed by atoms with van der Waals surface area (Å²) in [5.74, 6) is -0.268. The van der Waals surface area contributed by atoms with Gasteiger partial charge in [-0.3, -0.25) is 9.69 Å². The summed E-state index contributed by atoms with van der Waals surface area (Å²) in [5.41, 5.74) is -0.859. The fourth-order valence-electron chi connectivity index (χ4n) is 2.69. The molecular formula is C13H23N3O3. The van der Waals surface area contributed by atoms with Crippen LogP contribution in [0.25, 0.3) is 0 Å². The quantitative estimate of drug-likeness (QED) is 0.713. The van der Waals surface area contributed by atoms with E-state index < -0.39 is 17.7 Å². The first-order chi connectivity index (χ1) is 8.90. The van der Waals surface area contributed by atoms with E-state index in [-0.39, 0.29) is 12.5 Å². The highest BCUT2D eigenvalue weighted by atomic mass is 16.3. The third kappa shape index (κ3) is 3.25. The maximum atomic E-state index is 12.0. The zero-order valence-corrected chi connectivity index (χ0v) is 11.7. The predicted molar refractivity (Wildman–Crippen MR) is 70.6 cm³/mol. The number of hydrogen-bond donors (Lipinski definition) is 2. The minimum atomic E-state index is -0.859. The van der Waals surface area contributed by atoms with Crippen molar-refractivity contribution in [2.24, 2.45) is 0 Å². The first-order valence-electron chi connectivity index (χ1n) is 6.95. The number of piperidine rings is 1. The number of imide groups is 1. The highest BCUT2D eigenvalue weighted by molar-refractivity contribution is 6.06. The van der Waals surface area contributed by atoms with Crippen LogP contribution in [-0.2, 0) is 4.79 Å². The lowest BCUT2D eigenvalue weighted by atomic mass is 10.1. The van der Waals surface area contributed by atoms with E-state index in [1.807, 2.05) is 0 Å². The van der Waals surface area contributed by atoms with Gasteiger partial charge in [-0.1, -0.05) is 6.42 Å². The van der Waals surface area contributed by atoms with Crippen LogP contribution in [0, 0.1) is 0 Å². The summed E-state index contributed by atoms with van der Waals surface area (Å²) in [6, 6.07) is -0.410. The van der Waals surface area contributed by atoms with Crippen LogP contribution in [0.3, 0.4) is 0 Å². The van der Waals surface area contributed by atoms with Crippen LogP contribution in [0.5, 0.6) is 0 Å². The van der Waals surface area contributed by atoms with Crippen LogP contribution in [0.2, 0.25) is 0 Å². The number of urea groups is 1. The summed E-state index contributed by atoms with van der Waals surface area (Å²) in [6.45, 7) is 5.92. The molecule has 0 spiro atoms. The zero-order valence-electron chi connectivity index (χ0n) is 11.7. The van der Waals surface area contributed by atoms with E-state index in [0.717, 1.165) is 30.8 Å². The van der Waals surface area contributed by atoms with Gasteiger partial charge in [0.1, 0.15) is 5.54 Å². The van der Waals surface area contributed by atoms with Gasteiger partial charge in [-0.15, -0.1) is 0 Å². The Hall–Kier alpha value is -1.14. The van der Waals surface area contributed by atoms with Gasteiger partial charge in [-0.2, -0.15) is 0 Å². The second-order valence-corrected chi connectivity index (χ2v) is 5.99. The number of β-amino-alcohol motifs (C(OH)–C–C–N with tert-alkyl or cyclic N) is 1. The van der Waals surface area contributed by atoms with Crippen molar-refractivity contribution in [2.45, 2.75) is 44.8 Å². The lowest BCUT2D eigenvalue weighted by Gasteiger charge is -2.29. The largest absolute Gasteiger partial charge is 0.390 e. The molecule has 2 N–H and O–H groups in total. The molecule has 2 aliphatic heterocycles. The number of nitrogens with zero attached hydrogens (tertiary/aromatic N) is 2. The summed E-state index contributed by atoms with van der Waals surface area (Å²) < 4.78 is 0. The lowest BCUT2D eigenvalue weighted by Crippen LogP contribution is -2.45. The Balaban J connectivity index is 1.86. The van der Waals surface area contributed by atoms with Gasteiger partial charge in [0.05, 0.1) is 12.6 Å². The van der Waals surface area contributed by atoms with Gasteiger partial charge in [0, 0.05) is 6.54 Å². The third-order valence-corrected chi connectivity index (χ3v) is 3.76. The summed E-state index contributed by atoms with van der Waals surface area (Å²) >= 11 is 0. The second-order valence-electron chi connectivity index (χ2n) is 5.99. The topological polar surface area (TPSA) is 72.9 Å². The lowest BCUT2D eigenvalue weighted by molar-refractivity contribution is -0.131. The van der Waals surface area contributed by atoms with E-state index in [1.54, 1.807) is 13.8 Å². The minimum absolute atomic E-state index is 0.0740. The summed E-state index contributed by atoms with van der Waals surface area (Å²) in [6.07, 6.45) is 2.88. The van der Waals surface area contributed by atoms with Crippen LogP contribution in [0.15, 0.2) is 0 Å². The monoisotopic (exact) mass is 269 g/mol. The maximum absolute atomic E-state index is 12.0. The molecule has 19 heavy (non-hydrogen) atoms. The summed E-state index contributed by atoms with van der Waals surface area (Å²) in [7, 11) is 0. The maximum Gasteiger partial charge on any atom is 0.325 e. The van der Waals surface area contributed by atoms with Crippen molar-refractivity contribution in [1.29, 1.82) is 0 Å². The summed E-state index contributed by atoms with van der Waals surface area (Å²) in [5, 5.41) is 12.7. The van der Waals surface area contributed by atoms with Crippen molar-refractivity contribution < 1.29 is 14.7 Å². The van der Waals surface area contributed by atoms with E-state index in [2.05, 4.69) is 10.2 Å². The van der Waals surface area contributed by atoms with Crippen LogP contribution in [0.4, 0.5) is 4.79 Å². The molecule has 0 saturated carbocycles. The Labute approximate surface area is 113 Å². The van der Waals surface area contributed by atoms with E-state index in [1.165, 1.54) is 6.42 Å². The molecule has 6 nitrogen and oxygen atoms in total. The number of carbonyl (C=O) groups is 2. The molecule has 0 aromatic rings. The first-order valence-corrected chi connectivity index (χ1v) is 6.95. The fourth-order valence-corrected chi connectivity index (χ4v) is 2.69. The Morgan fingerprint density at radius 2 is 1.84 bits per heavy atom. The molecule has 1 atom stereocenters. The Bertz CT molecular complexity index is 364. The van der Waals surface area contributed by atoms with E-state index in [9.17, 15) is 14.7 Å². The second kappa shape index (κ2) is 5.46. The molecule has 2 aliphatic rings. The number of amides is 3. The third-order valence-electron chi connectivity index (χ3n) is 3.76. The zero-order chi connectivity index (χ0) is 14.0. The van der Waals surface area contributed by atoms with Gasteiger partial charge in [0.15, 0.2) is 0 Å². The Kier molecular flexibility index (Phi) is 4.10. The molecule has 3 amide bonds. The average molecular weight is 269 g/mol. The smallest absolute Gasteiger partial charge is 0.325 e. The molecule has 2 rings (SSSR count). The van der Waals surface area contributed by atoms with Crippen LogP contribution >= 0.6 is 0 Å². The van der Waals surface area contributed by atoms with Gasteiger partial charge >= 0.3 is 6.03 Å². The number of aliphatic hydroxyl groups excluding tert-OH is 1. The standard InChI is InChI=1S/C13H23N3O3/c1-13(2)11(18)16(12(19)14-13)9-10(17)8-15-6-4-3-5-7-15/h10,17H,3-9H2,1-2H3,(H,14,19)/t10-/m1/s1. The van der Waals surface area contributed by atoms with E-state index in [0.29, 0.717) is 6.54 Å². The van der Waals surface area contributed by atoms with Gasteiger partial charge < -0.3 is 15.3 Å². The van der Waals surface area contributed by atoms with Crippen molar-refractivity contribution in [2.75, 3.05) is 26.2 Å². The van der Waals surface area contributed by atoms with Crippen LogP contribution < -0.4 is 5.32 Å². The molecule has 0 aliphatic carbocycles. The predicted octanol–water partition coefficient (Wildman–Crippen LogP) is 0.164. The first kappa shape index (κ1) is 14.3.